The Hall–Kier alpha value is -2.17. The molecule has 0 aliphatic heterocycles. The van der Waals surface area contributed by atoms with Crippen LogP contribution in [0.1, 0.15) is 61.6 Å². The van der Waals surface area contributed by atoms with Gasteiger partial charge in [0.1, 0.15) is 5.78 Å². The molecule has 0 amide bonds. The second kappa shape index (κ2) is 7.60. The van der Waals surface area contributed by atoms with Crippen molar-refractivity contribution < 1.29 is 18.0 Å². The molecule has 2 aromatic rings. The number of nitrogens with zero attached hydrogens (tertiary/aromatic N) is 1. The summed E-state index contributed by atoms with van der Waals surface area (Å²) in [5.41, 5.74) is 3.44. The highest BCUT2D eigenvalue weighted by Gasteiger charge is 2.30. The summed E-state index contributed by atoms with van der Waals surface area (Å²) in [4.78, 5) is 15.5. The summed E-state index contributed by atoms with van der Waals surface area (Å²) in [6.45, 7) is 1.61. The lowest BCUT2D eigenvalue weighted by molar-refractivity contribution is -0.137. The van der Waals surface area contributed by atoms with Crippen LogP contribution in [0.2, 0.25) is 0 Å². The van der Waals surface area contributed by atoms with Crippen LogP contribution in [0.5, 0.6) is 0 Å². The molecular formula is C21H22F3NO. The fourth-order valence-corrected chi connectivity index (χ4v) is 3.80. The predicted molar refractivity (Wildman–Crippen MR) is 94.9 cm³/mol. The Bertz CT molecular complexity index is 781. The lowest BCUT2D eigenvalue weighted by Crippen LogP contribution is -2.12. The molecule has 1 aromatic carbocycles. The maximum absolute atomic E-state index is 12.8. The van der Waals surface area contributed by atoms with Gasteiger partial charge in [0, 0.05) is 24.4 Å². The van der Waals surface area contributed by atoms with Gasteiger partial charge in [0.15, 0.2) is 0 Å². The summed E-state index contributed by atoms with van der Waals surface area (Å²) in [5, 5.41) is 0. The minimum Gasteiger partial charge on any atom is -0.300 e. The zero-order chi connectivity index (χ0) is 18.7. The molecule has 26 heavy (non-hydrogen) atoms. The van der Waals surface area contributed by atoms with Crippen LogP contribution in [-0.2, 0) is 17.4 Å². The van der Waals surface area contributed by atoms with Gasteiger partial charge in [0.05, 0.1) is 5.56 Å². The molecule has 3 rings (SSSR count). The molecule has 0 fully saturated rings. The molecule has 0 N–H and O–H groups in total. The zero-order valence-corrected chi connectivity index (χ0v) is 14.8. The molecule has 2 nitrogen and oxygen atoms in total. The molecule has 0 bridgehead atoms. The van der Waals surface area contributed by atoms with Crippen molar-refractivity contribution in [3.05, 3.63) is 53.3 Å². The molecule has 1 unspecified atom stereocenters. The first-order chi connectivity index (χ1) is 12.4. The maximum atomic E-state index is 12.8. The highest BCUT2D eigenvalue weighted by Crippen LogP contribution is 2.39. The summed E-state index contributed by atoms with van der Waals surface area (Å²) >= 11 is 0. The minimum absolute atomic E-state index is 0.206. The SMILES string of the molecule is CC(=O)CCCC1CCCc2c(-c3ccc(C(F)(F)F)cc3)cncc21. The second-order valence-electron chi connectivity index (χ2n) is 7.01. The summed E-state index contributed by atoms with van der Waals surface area (Å²) in [6, 6.07) is 5.31. The van der Waals surface area contributed by atoms with Crippen LogP contribution < -0.4 is 0 Å². The Labute approximate surface area is 151 Å². The topological polar surface area (TPSA) is 30.0 Å². The van der Waals surface area contributed by atoms with Crippen molar-refractivity contribution in [2.45, 2.75) is 57.5 Å². The maximum Gasteiger partial charge on any atom is 0.416 e. The van der Waals surface area contributed by atoms with E-state index in [1.807, 2.05) is 6.20 Å². The molecule has 0 radical (unpaired) electrons. The molecule has 1 heterocycles. The van der Waals surface area contributed by atoms with E-state index in [2.05, 4.69) is 4.98 Å². The molecule has 5 heteroatoms. The number of alkyl halides is 3. The number of ketones is 1. The van der Waals surface area contributed by atoms with E-state index in [1.54, 1.807) is 13.1 Å². The smallest absolute Gasteiger partial charge is 0.300 e. The first-order valence-corrected chi connectivity index (χ1v) is 9.00. The summed E-state index contributed by atoms with van der Waals surface area (Å²) in [5.74, 6) is 0.581. The van der Waals surface area contributed by atoms with Gasteiger partial charge in [-0.2, -0.15) is 13.2 Å². The Morgan fingerprint density at radius 1 is 1.19 bits per heavy atom. The summed E-state index contributed by atoms with van der Waals surface area (Å²) < 4.78 is 38.4. The van der Waals surface area contributed by atoms with Crippen LogP contribution in [-0.4, -0.2) is 10.8 Å². The number of hydrogen-bond acceptors (Lipinski definition) is 2. The normalized spacial score (nSPS) is 17.0. The number of carbonyl (C=O) groups excluding carboxylic acids is 1. The first-order valence-electron chi connectivity index (χ1n) is 9.00. The molecule has 138 valence electrons. The third-order valence-corrected chi connectivity index (χ3v) is 5.11. The van der Waals surface area contributed by atoms with Gasteiger partial charge in [0.2, 0.25) is 0 Å². The number of hydrogen-bond donors (Lipinski definition) is 0. The Morgan fingerprint density at radius 3 is 2.58 bits per heavy atom. The molecule has 0 saturated heterocycles. The second-order valence-corrected chi connectivity index (χ2v) is 7.01. The minimum atomic E-state index is -4.32. The van der Waals surface area contributed by atoms with E-state index in [1.165, 1.54) is 23.3 Å². The van der Waals surface area contributed by atoms with Gasteiger partial charge >= 0.3 is 6.18 Å². The Morgan fingerprint density at radius 2 is 1.92 bits per heavy atom. The van der Waals surface area contributed by atoms with Crippen LogP contribution in [0.25, 0.3) is 11.1 Å². The molecule has 0 spiro atoms. The average molecular weight is 361 g/mol. The largest absolute Gasteiger partial charge is 0.416 e. The van der Waals surface area contributed by atoms with E-state index in [0.717, 1.165) is 55.4 Å². The Balaban J connectivity index is 1.87. The molecule has 1 aliphatic carbocycles. The summed E-state index contributed by atoms with van der Waals surface area (Å²) in [7, 11) is 0. The van der Waals surface area contributed by atoms with E-state index in [4.69, 9.17) is 0 Å². The zero-order valence-electron chi connectivity index (χ0n) is 14.8. The van der Waals surface area contributed by atoms with Crippen LogP contribution >= 0.6 is 0 Å². The van der Waals surface area contributed by atoms with Crippen molar-refractivity contribution in [3.8, 4) is 11.1 Å². The van der Waals surface area contributed by atoms with Crippen molar-refractivity contribution in [1.82, 2.24) is 4.98 Å². The van der Waals surface area contributed by atoms with Gasteiger partial charge in [-0.1, -0.05) is 12.1 Å². The number of aromatic nitrogens is 1. The lowest BCUT2D eigenvalue weighted by atomic mass is 9.78. The fourth-order valence-electron chi connectivity index (χ4n) is 3.80. The van der Waals surface area contributed by atoms with Crippen LogP contribution in [0.15, 0.2) is 36.7 Å². The fraction of sp³-hybridized carbons (Fsp3) is 0.429. The van der Waals surface area contributed by atoms with E-state index in [0.29, 0.717) is 12.3 Å². The van der Waals surface area contributed by atoms with Gasteiger partial charge < -0.3 is 4.79 Å². The van der Waals surface area contributed by atoms with Crippen molar-refractivity contribution in [3.63, 3.8) is 0 Å². The first kappa shape index (κ1) is 18.6. The molecule has 1 atom stereocenters. The number of rotatable bonds is 5. The van der Waals surface area contributed by atoms with Crippen molar-refractivity contribution >= 4 is 5.78 Å². The van der Waals surface area contributed by atoms with E-state index in [9.17, 15) is 18.0 Å². The molecule has 0 saturated carbocycles. The van der Waals surface area contributed by atoms with Crippen molar-refractivity contribution in [2.24, 2.45) is 0 Å². The average Bonchev–Trinajstić information content (AvgIpc) is 2.60. The number of halogens is 3. The van der Waals surface area contributed by atoms with Crippen molar-refractivity contribution in [1.29, 1.82) is 0 Å². The van der Waals surface area contributed by atoms with E-state index >= 15 is 0 Å². The molecular weight excluding hydrogens is 339 g/mol. The van der Waals surface area contributed by atoms with Crippen LogP contribution in [0, 0.1) is 0 Å². The quantitative estimate of drug-likeness (QED) is 0.659. The van der Waals surface area contributed by atoms with Gasteiger partial charge in [0.25, 0.3) is 0 Å². The van der Waals surface area contributed by atoms with Crippen LogP contribution in [0.3, 0.4) is 0 Å². The van der Waals surface area contributed by atoms with Gasteiger partial charge in [-0.15, -0.1) is 0 Å². The molecule has 1 aliphatic rings. The highest BCUT2D eigenvalue weighted by molar-refractivity contribution is 5.75. The van der Waals surface area contributed by atoms with Gasteiger partial charge in [-0.3, -0.25) is 4.98 Å². The van der Waals surface area contributed by atoms with Crippen LogP contribution in [0.4, 0.5) is 13.2 Å². The van der Waals surface area contributed by atoms with E-state index < -0.39 is 11.7 Å². The Kier molecular flexibility index (Phi) is 5.44. The lowest BCUT2D eigenvalue weighted by Gasteiger charge is -2.27. The van der Waals surface area contributed by atoms with Crippen molar-refractivity contribution in [2.75, 3.05) is 0 Å². The van der Waals surface area contributed by atoms with E-state index in [-0.39, 0.29) is 5.78 Å². The number of Topliss-reactive ketones (excluding diaryl/α,β-unsaturated/α-hetero) is 1. The predicted octanol–water partition coefficient (Wildman–Crippen LogP) is 5.95. The third kappa shape index (κ3) is 4.14. The number of carbonyl (C=O) groups is 1. The highest BCUT2D eigenvalue weighted by atomic mass is 19.4. The standard InChI is InChI=1S/C21H22F3NO/c1-14(26)4-2-5-15-6-3-7-18-19(15)12-25-13-20(18)16-8-10-17(11-9-16)21(22,23)24/h8-13,15H,2-7H2,1H3. The number of benzene rings is 1. The van der Waals surface area contributed by atoms with Gasteiger partial charge in [-0.05, 0) is 73.8 Å². The van der Waals surface area contributed by atoms with Gasteiger partial charge in [-0.25, -0.2) is 0 Å². The summed E-state index contributed by atoms with van der Waals surface area (Å²) in [6.07, 6.45) is 4.76. The monoisotopic (exact) mass is 361 g/mol. The molecule has 1 aromatic heterocycles. The number of fused-ring (bicyclic) bond motifs is 1. The third-order valence-electron chi connectivity index (χ3n) is 5.11. The number of pyridine rings is 1.